The lowest BCUT2D eigenvalue weighted by molar-refractivity contribution is -0.117. The second-order valence-electron chi connectivity index (χ2n) is 6.87. The van der Waals surface area contributed by atoms with Crippen LogP contribution in [-0.2, 0) is 4.79 Å². The number of hydrogen-bond donors (Lipinski definition) is 1. The number of piperazine rings is 1. The Balaban J connectivity index is 1.34. The van der Waals surface area contributed by atoms with Gasteiger partial charge in [-0.1, -0.05) is 23.7 Å². The van der Waals surface area contributed by atoms with Gasteiger partial charge in [0.2, 0.25) is 11.9 Å². The molecule has 0 spiro atoms. The number of carbonyl (C=O) groups is 1. The summed E-state index contributed by atoms with van der Waals surface area (Å²) >= 11 is 5.87. The van der Waals surface area contributed by atoms with Gasteiger partial charge in [0.05, 0.1) is 12.2 Å². The lowest BCUT2D eigenvalue weighted by atomic mass is 10.3. The van der Waals surface area contributed by atoms with E-state index in [0.29, 0.717) is 36.3 Å². The molecule has 150 valence electrons. The Bertz CT molecular complexity index is 983. The van der Waals surface area contributed by atoms with Crippen LogP contribution in [0.3, 0.4) is 0 Å². The molecule has 29 heavy (non-hydrogen) atoms. The summed E-state index contributed by atoms with van der Waals surface area (Å²) in [5, 5.41) is 3.51. The molecule has 1 saturated heterocycles. The summed E-state index contributed by atoms with van der Waals surface area (Å²) in [4.78, 5) is 20.9. The molecule has 0 radical (unpaired) electrons. The third kappa shape index (κ3) is 4.58. The van der Waals surface area contributed by atoms with Crippen molar-refractivity contribution in [2.45, 2.75) is 0 Å². The molecule has 4 rings (SSSR count). The van der Waals surface area contributed by atoms with Gasteiger partial charge in [0.1, 0.15) is 5.82 Å². The van der Waals surface area contributed by atoms with E-state index in [-0.39, 0.29) is 11.7 Å². The number of rotatable bonds is 5. The van der Waals surface area contributed by atoms with Crippen molar-refractivity contribution < 1.29 is 9.18 Å². The minimum atomic E-state index is -0.288. The summed E-state index contributed by atoms with van der Waals surface area (Å²) in [6, 6.07) is 13.7. The van der Waals surface area contributed by atoms with Crippen LogP contribution in [0.15, 0.2) is 60.9 Å². The van der Waals surface area contributed by atoms with Crippen molar-refractivity contribution >= 4 is 29.1 Å². The maximum absolute atomic E-state index is 14.2. The van der Waals surface area contributed by atoms with Gasteiger partial charge in [-0.2, -0.15) is 0 Å². The third-order valence-electron chi connectivity index (χ3n) is 4.88. The summed E-state index contributed by atoms with van der Waals surface area (Å²) in [6.45, 7) is 3.17. The minimum Gasteiger partial charge on any atom is -0.339 e. The quantitative estimate of drug-likeness (QED) is 0.696. The van der Waals surface area contributed by atoms with Crippen molar-refractivity contribution in [2.75, 3.05) is 42.9 Å². The lowest BCUT2D eigenvalue weighted by Crippen LogP contribution is -2.49. The highest BCUT2D eigenvalue weighted by Crippen LogP contribution is 2.21. The monoisotopic (exact) mass is 413 g/mol. The molecular weight excluding hydrogens is 393 g/mol. The Morgan fingerprint density at radius 1 is 1.07 bits per heavy atom. The summed E-state index contributed by atoms with van der Waals surface area (Å²) in [7, 11) is 0. The highest BCUT2D eigenvalue weighted by molar-refractivity contribution is 6.30. The van der Waals surface area contributed by atoms with Crippen LogP contribution in [0.1, 0.15) is 0 Å². The number of anilines is 2. The molecule has 0 aliphatic carbocycles. The molecule has 1 aliphatic heterocycles. The van der Waals surface area contributed by atoms with Crippen LogP contribution in [-0.4, -0.2) is 53.1 Å². The average molecular weight is 414 g/mol. The van der Waals surface area contributed by atoms with E-state index >= 15 is 0 Å². The normalized spacial score (nSPS) is 14.8. The van der Waals surface area contributed by atoms with Crippen LogP contribution >= 0.6 is 11.6 Å². The van der Waals surface area contributed by atoms with Crippen LogP contribution in [0.4, 0.5) is 16.0 Å². The Morgan fingerprint density at radius 3 is 2.52 bits per heavy atom. The van der Waals surface area contributed by atoms with E-state index in [4.69, 9.17) is 11.6 Å². The fourth-order valence-corrected chi connectivity index (χ4v) is 3.53. The summed E-state index contributed by atoms with van der Waals surface area (Å²) < 4.78 is 15.9. The number of aromatic nitrogens is 2. The predicted octanol–water partition coefficient (Wildman–Crippen LogP) is 3.43. The molecule has 0 atom stereocenters. The maximum atomic E-state index is 14.2. The zero-order chi connectivity index (χ0) is 20.2. The molecule has 1 amide bonds. The fraction of sp³-hybridized carbons (Fsp3) is 0.238. The van der Waals surface area contributed by atoms with Gasteiger partial charge in [-0.3, -0.25) is 14.3 Å². The first kappa shape index (κ1) is 19.4. The summed E-state index contributed by atoms with van der Waals surface area (Å²) in [6.07, 6.45) is 3.44. The Morgan fingerprint density at radius 2 is 1.79 bits per heavy atom. The van der Waals surface area contributed by atoms with Gasteiger partial charge in [-0.25, -0.2) is 9.37 Å². The van der Waals surface area contributed by atoms with E-state index in [1.165, 1.54) is 6.07 Å². The number of hydrogen-bond acceptors (Lipinski definition) is 4. The first-order valence-electron chi connectivity index (χ1n) is 9.41. The van der Waals surface area contributed by atoms with Crippen LogP contribution in [0.5, 0.6) is 0 Å². The summed E-state index contributed by atoms with van der Waals surface area (Å²) in [5.41, 5.74) is 1.20. The maximum Gasteiger partial charge on any atom is 0.238 e. The fourth-order valence-electron chi connectivity index (χ4n) is 3.41. The number of para-hydroxylation sites is 1. The molecule has 3 aromatic rings. The van der Waals surface area contributed by atoms with Gasteiger partial charge in [0.15, 0.2) is 0 Å². The molecule has 1 aliphatic rings. The Labute approximate surface area is 173 Å². The highest BCUT2D eigenvalue weighted by Gasteiger charge is 2.22. The number of nitrogens with zero attached hydrogens (tertiary/aromatic N) is 4. The topological polar surface area (TPSA) is 53.4 Å². The third-order valence-corrected chi connectivity index (χ3v) is 5.14. The van der Waals surface area contributed by atoms with Gasteiger partial charge in [0.25, 0.3) is 0 Å². The smallest absolute Gasteiger partial charge is 0.238 e. The molecule has 0 bridgehead atoms. The lowest BCUT2D eigenvalue weighted by Gasteiger charge is -2.35. The van der Waals surface area contributed by atoms with Crippen LogP contribution in [0.2, 0.25) is 5.02 Å². The molecule has 2 heterocycles. The van der Waals surface area contributed by atoms with E-state index in [9.17, 15) is 9.18 Å². The molecule has 6 nitrogen and oxygen atoms in total. The van der Waals surface area contributed by atoms with E-state index in [1.807, 2.05) is 0 Å². The average Bonchev–Trinajstić information content (AvgIpc) is 3.20. The molecule has 1 aromatic heterocycles. The second kappa shape index (κ2) is 8.63. The number of imidazole rings is 1. The standard InChI is InChI=1S/C21H21ClFN5O/c22-16-5-7-17(8-6-16)25-20(29)15-26-11-13-27(14-12-26)21-24-9-10-28(21)19-4-2-1-3-18(19)23/h1-10H,11-15H2,(H,25,29). The van der Waals surface area contributed by atoms with Gasteiger partial charge in [0, 0.05) is 49.3 Å². The first-order chi connectivity index (χ1) is 14.1. The van der Waals surface area contributed by atoms with Gasteiger partial charge < -0.3 is 10.2 Å². The van der Waals surface area contributed by atoms with Crippen LogP contribution < -0.4 is 10.2 Å². The van der Waals surface area contributed by atoms with E-state index in [2.05, 4.69) is 20.1 Å². The minimum absolute atomic E-state index is 0.0615. The van der Waals surface area contributed by atoms with Gasteiger partial charge in [-0.15, -0.1) is 0 Å². The number of carbonyl (C=O) groups excluding carboxylic acids is 1. The number of nitrogens with one attached hydrogen (secondary N) is 1. The molecule has 0 unspecified atom stereocenters. The molecular formula is C21H21ClFN5O. The first-order valence-corrected chi connectivity index (χ1v) is 9.79. The SMILES string of the molecule is O=C(CN1CCN(c2nccn2-c2ccccc2F)CC1)Nc1ccc(Cl)cc1. The second-order valence-corrected chi connectivity index (χ2v) is 7.30. The van der Waals surface area contributed by atoms with Gasteiger partial charge >= 0.3 is 0 Å². The molecule has 0 saturated carbocycles. The number of amides is 1. The Kier molecular flexibility index (Phi) is 5.78. The van der Waals surface area contributed by atoms with Gasteiger partial charge in [-0.05, 0) is 36.4 Å². The molecule has 1 N–H and O–H groups in total. The number of benzene rings is 2. The molecule has 8 heteroatoms. The molecule has 2 aromatic carbocycles. The van der Waals surface area contributed by atoms with E-state index < -0.39 is 0 Å². The predicted molar refractivity (Wildman–Crippen MR) is 112 cm³/mol. The number of halogens is 2. The van der Waals surface area contributed by atoms with Crippen LogP contribution in [0.25, 0.3) is 5.69 Å². The van der Waals surface area contributed by atoms with Crippen molar-refractivity contribution in [1.29, 1.82) is 0 Å². The van der Waals surface area contributed by atoms with E-state index in [1.54, 1.807) is 59.4 Å². The molecule has 1 fully saturated rings. The van der Waals surface area contributed by atoms with Crippen molar-refractivity contribution in [1.82, 2.24) is 14.5 Å². The largest absolute Gasteiger partial charge is 0.339 e. The highest BCUT2D eigenvalue weighted by atomic mass is 35.5. The van der Waals surface area contributed by atoms with E-state index in [0.717, 1.165) is 18.8 Å². The van der Waals surface area contributed by atoms with Crippen molar-refractivity contribution in [3.63, 3.8) is 0 Å². The van der Waals surface area contributed by atoms with Crippen molar-refractivity contribution in [2.24, 2.45) is 0 Å². The zero-order valence-corrected chi connectivity index (χ0v) is 16.5. The van der Waals surface area contributed by atoms with Crippen molar-refractivity contribution in [3.05, 3.63) is 71.8 Å². The summed E-state index contributed by atoms with van der Waals surface area (Å²) in [5.74, 6) is 0.359. The van der Waals surface area contributed by atoms with Crippen LogP contribution in [0, 0.1) is 5.82 Å². The van der Waals surface area contributed by atoms with Crippen molar-refractivity contribution in [3.8, 4) is 5.69 Å². The zero-order valence-electron chi connectivity index (χ0n) is 15.8. The Hall–Kier alpha value is -2.90.